The Bertz CT molecular complexity index is 1060. The zero-order valence-electron chi connectivity index (χ0n) is 20.8. The fraction of sp³-hybridized carbons (Fsp3) is 0.333. The molecule has 0 aromatic heterocycles. The van der Waals surface area contributed by atoms with Gasteiger partial charge in [-0.3, -0.25) is 9.59 Å². The number of amides is 2. The number of nitrogens with zero attached hydrogens (tertiary/aromatic N) is 1. The molecule has 0 aliphatic carbocycles. The number of hydrogen-bond acceptors (Lipinski definition) is 2. The van der Waals surface area contributed by atoms with E-state index in [1.807, 2.05) is 107 Å². The summed E-state index contributed by atoms with van der Waals surface area (Å²) in [6.45, 7) is 8.50. The van der Waals surface area contributed by atoms with Crippen LogP contribution in [0.25, 0.3) is 0 Å². The van der Waals surface area contributed by atoms with E-state index in [1.54, 1.807) is 4.90 Å². The van der Waals surface area contributed by atoms with Crippen molar-refractivity contribution in [1.29, 1.82) is 0 Å². The van der Waals surface area contributed by atoms with Gasteiger partial charge in [0.2, 0.25) is 11.8 Å². The molecule has 3 aromatic rings. The van der Waals surface area contributed by atoms with Crippen molar-refractivity contribution in [2.75, 3.05) is 0 Å². The molecular weight excluding hydrogens is 420 g/mol. The Balaban J connectivity index is 1.95. The first kappa shape index (κ1) is 25.2. The smallest absolute Gasteiger partial charge is 0.243 e. The molecule has 1 N–H and O–H groups in total. The topological polar surface area (TPSA) is 49.4 Å². The summed E-state index contributed by atoms with van der Waals surface area (Å²) in [6, 6.07) is 25.5. The molecule has 2 amide bonds. The van der Waals surface area contributed by atoms with Crippen molar-refractivity contribution in [3.8, 4) is 0 Å². The van der Waals surface area contributed by atoms with E-state index in [2.05, 4.69) is 5.32 Å². The fourth-order valence-corrected chi connectivity index (χ4v) is 3.87. The van der Waals surface area contributed by atoms with Gasteiger partial charge in [-0.15, -0.1) is 0 Å². The molecule has 0 aliphatic heterocycles. The summed E-state index contributed by atoms with van der Waals surface area (Å²) in [6.07, 6.45) is 1.56. The lowest BCUT2D eigenvalue weighted by atomic mass is 10.0. The van der Waals surface area contributed by atoms with Crippen LogP contribution in [-0.4, -0.2) is 28.8 Å². The lowest BCUT2D eigenvalue weighted by molar-refractivity contribution is -0.141. The molecule has 34 heavy (non-hydrogen) atoms. The van der Waals surface area contributed by atoms with Gasteiger partial charge in [0.25, 0.3) is 0 Å². The van der Waals surface area contributed by atoms with Crippen LogP contribution in [0.2, 0.25) is 0 Å². The van der Waals surface area contributed by atoms with Gasteiger partial charge in [0.1, 0.15) is 6.04 Å². The average Bonchev–Trinajstić information content (AvgIpc) is 2.84. The molecule has 0 heterocycles. The monoisotopic (exact) mass is 456 g/mol. The molecule has 3 rings (SSSR count). The van der Waals surface area contributed by atoms with Gasteiger partial charge in [-0.1, -0.05) is 96.9 Å². The van der Waals surface area contributed by atoms with Crippen molar-refractivity contribution in [3.05, 3.63) is 107 Å². The Labute approximate surface area is 204 Å². The second-order valence-corrected chi connectivity index (χ2v) is 9.19. The van der Waals surface area contributed by atoms with Crippen molar-refractivity contribution in [2.24, 2.45) is 0 Å². The van der Waals surface area contributed by atoms with E-state index < -0.39 is 6.04 Å². The van der Waals surface area contributed by atoms with E-state index in [0.717, 1.165) is 34.2 Å². The van der Waals surface area contributed by atoms with Crippen LogP contribution in [0.5, 0.6) is 0 Å². The highest BCUT2D eigenvalue weighted by Gasteiger charge is 2.31. The van der Waals surface area contributed by atoms with Gasteiger partial charge in [-0.25, -0.2) is 0 Å². The van der Waals surface area contributed by atoms with Crippen LogP contribution in [0.1, 0.15) is 48.1 Å². The molecule has 2 atom stereocenters. The Morgan fingerprint density at radius 3 is 1.91 bits per heavy atom. The van der Waals surface area contributed by atoms with Crippen LogP contribution in [0.3, 0.4) is 0 Å². The minimum atomic E-state index is -0.601. The molecule has 0 radical (unpaired) electrons. The highest BCUT2D eigenvalue weighted by Crippen LogP contribution is 2.17. The Morgan fingerprint density at radius 1 is 0.794 bits per heavy atom. The molecule has 2 unspecified atom stereocenters. The summed E-state index contributed by atoms with van der Waals surface area (Å²) in [5, 5.41) is 3.12. The Kier molecular flexibility index (Phi) is 9.03. The maximum absolute atomic E-state index is 13.7. The molecule has 0 aliphatic rings. The lowest BCUT2D eigenvalue weighted by Crippen LogP contribution is -2.52. The first-order valence-electron chi connectivity index (χ1n) is 12.1. The largest absolute Gasteiger partial charge is 0.352 e. The van der Waals surface area contributed by atoms with Gasteiger partial charge in [0.15, 0.2) is 0 Å². The second-order valence-electron chi connectivity index (χ2n) is 9.19. The van der Waals surface area contributed by atoms with Crippen LogP contribution >= 0.6 is 0 Å². The van der Waals surface area contributed by atoms with Crippen molar-refractivity contribution in [1.82, 2.24) is 10.2 Å². The van der Waals surface area contributed by atoms with Crippen LogP contribution < -0.4 is 5.32 Å². The zero-order valence-corrected chi connectivity index (χ0v) is 20.8. The third kappa shape index (κ3) is 7.31. The van der Waals surface area contributed by atoms with Crippen LogP contribution in [0.15, 0.2) is 78.9 Å². The number of carbonyl (C=O) groups is 2. The molecule has 178 valence electrons. The van der Waals surface area contributed by atoms with Crippen molar-refractivity contribution in [3.63, 3.8) is 0 Å². The van der Waals surface area contributed by atoms with Gasteiger partial charge >= 0.3 is 0 Å². The number of rotatable bonds is 10. The summed E-state index contributed by atoms with van der Waals surface area (Å²) in [5.74, 6) is -0.160. The third-order valence-electron chi connectivity index (χ3n) is 6.22. The number of hydrogen-bond donors (Lipinski definition) is 1. The summed E-state index contributed by atoms with van der Waals surface area (Å²) >= 11 is 0. The number of benzene rings is 3. The SMILES string of the molecule is CCC(C)NC(=O)C(Cc1ccccc1)N(Cc1ccc(C)cc1)C(=O)Cc1ccc(C)cc1. The second kappa shape index (κ2) is 12.2. The van der Waals surface area contributed by atoms with Crippen molar-refractivity contribution in [2.45, 2.75) is 65.6 Å². The predicted molar refractivity (Wildman–Crippen MR) is 138 cm³/mol. The van der Waals surface area contributed by atoms with Crippen LogP contribution in [0, 0.1) is 13.8 Å². The van der Waals surface area contributed by atoms with E-state index in [1.165, 1.54) is 0 Å². The predicted octanol–water partition coefficient (Wildman–Crippen LogP) is 5.40. The molecule has 0 bridgehead atoms. The zero-order chi connectivity index (χ0) is 24.5. The van der Waals surface area contributed by atoms with Gasteiger partial charge in [-0.05, 0) is 43.9 Å². The first-order chi connectivity index (χ1) is 16.4. The summed E-state index contributed by atoms with van der Waals surface area (Å²) in [4.78, 5) is 29.0. The lowest BCUT2D eigenvalue weighted by Gasteiger charge is -2.32. The Hall–Kier alpha value is -3.40. The molecular formula is C30H36N2O2. The van der Waals surface area contributed by atoms with Gasteiger partial charge in [0, 0.05) is 19.0 Å². The van der Waals surface area contributed by atoms with E-state index in [4.69, 9.17) is 0 Å². The highest BCUT2D eigenvalue weighted by molar-refractivity contribution is 5.89. The summed E-state index contributed by atoms with van der Waals surface area (Å²) in [5.41, 5.74) is 5.31. The standard InChI is InChI=1S/C30H36N2O2/c1-5-24(4)31-30(34)28(19-25-9-7-6-8-10-25)32(21-27-17-13-23(3)14-18-27)29(33)20-26-15-11-22(2)12-16-26/h6-18,24,28H,5,19-21H2,1-4H3,(H,31,34). The molecule has 0 fully saturated rings. The molecule has 3 aromatic carbocycles. The molecule has 0 saturated carbocycles. The highest BCUT2D eigenvalue weighted by atomic mass is 16.2. The van der Waals surface area contributed by atoms with Crippen LogP contribution in [-0.2, 0) is 29.0 Å². The Morgan fingerprint density at radius 2 is 1.35 bits per heavy atom. The fourth-order valence-electron chi connectivity index (χ4n) is 3.87. The first-order valence-corrected chi connectivity index (χ1v) is 12.1. The number of nitrogens with one attached hydrogen (secondary N) is 1. The van der Waals surface area contributed by atoms with Gasteiger partial charge < -0.3 is 10.2 Å². The molecule has 0 saturated heterocycles. The quantitative estimate of drug-likeness (QED) is 0.444. The van der Waals surface area contributed by atoms with E-state index >= 15 is 0 Å². The summed E-state index contributed by atoms with van der Waals surface area (Å²) < 4.78 is 0. The van der Waals surface area contributed by atoms with E-state index in [-0.39, 0.29) is 24.3 Å². The maximum atomic E-state index is 13.7. The third-order valence-corrected chi connectivity index (χ3v) is 6.22. The summed E-state index contributed by atoms with van der Waals surface area (Å²) in [7, 11) is 0. The average molecular weight is 457 g/mol. The van der Waals surface area contributed by atoms with Crippen molar-refractivity contribution >= 4 is 11.8 Å². The van der Waals surface area contributed by atoms with Crippen LogP contribution in [0.4, 0.5) is 0 Å². The molecule has 0 spiro atoms. The van der Waals surface area contributed by atoms with E-state index in [0.29, 0.717) is 13.0 Å². The molecule has 4 nitrogen and oxygen atoms in total. The molecule has 4 heteroatoms. The van der Waals surface area contributed by atoms with Crippen molar-refractivity contribution < 1.29 is 9.59 Å². The maximum Gasteiger partial charge on any atom is 0.243 e. The number of carbonyl (C=O) groups excluding carboxylic acids is 2. The van der Waals surface area contributed by atoms with Gasteiger partial charge in [-0.2, -0.15) is 0 Å². The van der Waals surface area contributed by atoms with Gasteiger partial charge in [0.05, 0.1) is 6.42 Å². The van der Waals surface area contributed by atoms with E-state index in [9.17, 15) is 9.59 Å². The number of aryl methyl sites for hydroxylation is 2. The minimum absolute atomic E-state index is 0.0409. The normalized spacial score (nSPS) is 12.6. The minimum Gasteiger partial charge on any atom is -0.352 e.